The lowest BCUT2D eigenvalue weighted by Crippen LogP contribution is -2.35. The molecule has 0 aromatic heterocycles. The minimum atomic E-state index is -0.158. The molecule has 0 heterocycles. The first-order valence-electron chi connectivity index (χ1n) is 7.16. The molecule has 0 unspecified atom stereocenters. The van der Waals surface area contributed by atoms with Crippen molar-refractivity contribution in [1.29, 1.82) is 0 Å². The second-order valence-electron chi connectivity index (χ2n) is 5.94. The molecule has 1 aromatic rings. The standard InChI is InChI=1S/C16H24ClNO.ClH/c1-18(2)11-15(12-7-9-13(17)10-8-12)14-5-3-4-6-16(14)19;/h7-10,14-16,19H,3-6,11H2,1-2H3;1H/t14-,15-,16-;/m0./s1. The van der Waals surface area contributed by atoms with Gasteiger partial charge in [0.25, 0.3) is 0 Å². The Morgan fingerprint density at radius 2 is 1.80 bits per heavy atom. The Labute approximate surface area is 133 Å². The summed E-state index contributed by atoms with van der Waals surface area (Å²) in [5.74, 6) is 0.764. The summed E-state index contributed by atoms with van der Waals surface area (Å²) in [6.45, 7) is 0.976. The molecule has 0 bridgehead atoms. The molecular weight excluding hydrogens is 293 g/mol. The maximum atomic E-state index is 10.3. The smallest absolute Gasteiger partial charge is 0.0574 e. The van der Waals surface area contributed by atoms with Gasteiger partial charge in [0.05, 0.1) is 6.10 Å². The van der Waals surface area contributed by atoms with E-state index in [4.69, 9.17) is 11.6 Å². The first kappa shape index (κ1) is 17.8. The minimum Gasteiger partial charge on any atom is -0.393 e. The van der Waals surface area contributed by atoms with Crippen molar-refractivity contribution in [3.05, 3.63) is 34.9 Å². The lowest BCUT2D eigenvalue weighted by atomic mass is 9.75. The molecule has 1 N–H and O–H groups in total. The Bertz CT molecular complexity index is 394. The zero-order chi connectivity index (χ0) is 13.8. The molecule has 2 rings (SSSR count). The Balaban J connectivity index is 0.00000200. The molecule has 1 fully saturated rings. The summed E-state index contributed by atoms with van der Waals surface area (Å²) in [5.41, 5.74) is 1.30. The van der Waals surface area contributed by atoms with E-state index < -0.39 is 0 Å². The van der Waals surface area contributed by atoms with Crippen LogP contribution in [0, 0.1) is 5.92 Å². The first-order valence-corrected chi connectivity index (χ1v) is 7.54. The highest BCUT2D eigenvalue weighted by Gasteiger charge is 2.31. The normalized spacial score (nSPS) is 24.2. The van der Waals surface area contributed by atoms with Crippen LogP contribution in [-0.4, -0.2) is 36.8 Å². The number of aliphatic hydroxyl groups is 1. The molecule has 0 radical (unpaired) electrons. The summed E-state index contributed by atoms with van der Waals surface area (Å²) in [6.07, 6.45) is 4.31. The third kappa shape index (κ3) is 4.63. The Morgan fingerprint density at radius 3 is 2.35 bits per heavy atom. The van der Waals surface area contributed by atoms with E-state index in [1.807, 2.05) is 12.1 Å². The van der Waals surface area contributed by atoms with Gasteiger partial charge in [0, 0.05) is 17.5 Å². The van der Waals surface area contributed by atoms with Gasteiger partial charge in [-0.05, 0) is 50.6 Å². The van der Waals surface area contributed by atoms with Crippen LogP contribution in [-0.2, 0) is 0 Å². The highest BCUT2D eigenvalue weighted by molar-refractivity contribution is 6.30. The largest absolute Gasteiger partial charge is 0.393 e. The molecule has 2 nitrogen and oxygen atoms in total. The van der Waals surface area contributed by atoms with E-state index >= 15 is 0 Å². The van der Waals surface area contributed by atoms with Crippen LogP contribution in [0.3, 0.4) is 0 Å². The molecule has 1 aliphatic carbocycles. The number of nitrogens with zero attached hydrogens (tertiary/aromatic N) is 1. The average Bonchev–Trinajstić information content (AvgIpc) is 2.38. The molecule has 1 aromatic carbocycles. The van der Waals surface area contributed by atoms with Crippen LogP contribution in [0.1, 0.15) is 37.2 Å². The predicted octanol–water partition coefficient (Wildman–Crippen LogP) is 3.96. The second-order valence-corrected chi connectivity index (χ2v) is 6.37. The summed E-state index contributed by atoms with van der Waals surface area (Å²) in [6, 6.07) is 8.12. The van der Waals surface area contributed by atoms with Crippen LogP contribution >= 0.6 is 24.0 Å². The quantitative estimate of drug-likeness (QED) is 0.908. The molecule has 0 saturated heterocycles. The lowest BCUT2D eigenvalue weighted by Gasteiger charge is -2.36. The Hall–Kier alpha value is -0.280. The van der Waals surface area contributed by atoms with Crippen LogP contribution in [0.15, 0.2) is 24.3 Å². The van der Waals surface area contributed by atoms with Gasteiger partial charge in [-0.1, -0.05) is 36.6 Å². The minimum absolute atomic E-state index is 0. The van der Waals surface area contributed by atoms with Gasteiger partial charge in [0.15, 0.2) is 0 Å². The monoisotopic (exact) mass is 317 g/mol. The number of benzene rings is 1. The summed E-state index contributed by atoms with van der Waals surface area (Å²) < 4.78 is 0. The van der Waals surface area contributed by atoms with Crippen molar-refractivity contribution in [3.63, 3.8) is 0 Å². The SMILES string of the molecule is CN(C)C[C@@H](c1ccc(Cl)cc1)[C@@H]1CCCC[C@@H]1O.Cl. The maximum absolute atomic E-state index is 10.3. The van der Waals surface area contributed by atoms with Gasteiger partial charge in [0.2, 0.25) is 0 Å². The lowest BCUT2D eigenvalue weighted by molar-refractivity contribution is 0.0494. The molecule has 0 spiro atoms. The van der Waals surface area contributed by atoms with E-state index in [1.165, 1.54) is 12.0 Å². The summed E-state index contributed by atoms with van der Waals surface area (Å²) >= 11 is 5.98. The van der Waals surface area contributed by atoms with Crippen LogP contribution in [0.5, 0.6) is 0 Å². The molecule has 114 valence electrons. The third-order valence-corrected chi connectivity index (χ3v) is 4.41. The van der Waals surface area contributed by atoms with Crippen LogP contribution in [0.25, 0.3) is 0 Å². The summed E-state index contributed by atoms with van der Waals surface area (Å²) in [5, 5.41) is 11.1. The summed E-state index contributed by atoms with van der Waals surface area (Å²) in [4.78, 5) is 2.21. The van der Waals surface area contributed by atoms with Crippen molar-refractivity contribution in [2.75, 3.05) is 20.6 Å². The average molecular weight is 318 g/mol. The molecule has 1 aliphatic rings. The van der Waals surface area contributed by atoms with Gasteiger partial charge in [-0.3, -0.25) is 0 Å². The number of rotatable bonds is 4. The number of aliphatic hydroxyl groups excluding tert-OH is 1. The van der Waals surface area contributed by atoms with Crippen molar-refractivity contribution in [3.8, 4) is 0 Å². The number of likely N-dealkylation sites (N-methyl/N-ethyl adjacent to an activating group) is 1. The van der Waals surface area contributed by atoms with Gasteiger partial charge in [0.1, 0.15) is 0 Å². The predicted molar refractivity (Wildman–Crippen MR) is 88.0 cm³/mol. The fourth-order valence-corrected chi connectivity index (χ4v) is 3.33. The summed E-state index contributed by atoms with van der Waals surface area (Å²) in [7, 11) is 4.19. The zero-order valence-electron chi connectivity index (χ0n) is 12.3. The first-order chi connectivity index (χ1) is 9.08. The van der Waals surface area contributed by atoms with Gasteiger partial charge in [-0.25, -0.2) is 0 Å². The Kier molecular flexibility index (Phi) is 7.32. The van der Waals surface area contributed by atoms with Crippen molar-refractivity contribution in [2.45, 2.75) is 37.7 Å². The van der Waals surface area contributed by atoms with Gasteiger partial charge in [-0.2, -0.15) is 0 Å². The fourth-order valence-electron chi connectivity index (χ4n) is 3.20. The van der Waals surface area contributed by atoms with E-state index in [0.717, 1.165) is 30.8 Å². The fraction of sp³-hybridized carbons (Fsp3) is 0.625. The van der Waals surface area contributed by atoms with E-state index in [9.17, 15) is 5.11 Å². The number of halogens is 2. The van der Waals surface area contributed by atoms with Gasteiger partial charge >= 0.3 is 0 Å². The van der Waals surface area contributed by atoms with Gasteiger partial charge in [-0.15, -0.1) is 12.4 Å². The molecule has 20 heavy (non-hydrogen) atoms. The highest BCUT2D eigenvalue weighted by atomic mass is 35.5. The van der Waals surface area contributed by atoms with Crippen LogP contribution in [0.4, 0.5) is 0 Å². The molecule has 1 saturated carbocycles. The van der Waals surface area contributed by atoms with Crippen molar-refractivity contribution in [1.82, 2.24) is 4.90 Å². The van der Waals surface area contributed by atoms with Crippen molar-refractivity contribution in [2.24, 2.45) is 5.92 Å². The van der Waals surface area contributed by atoms with E-state index in [1.54, 1.807) is 0 Å². The molecule has 0 aliphatic heterocycles. The van der Waals surface area contributed by atoms with E-state index in [0.29, 0.717) is 11.8 Å². The highest BCUT2D eigenvalue weighted by Crippen LogP contribution is 2.37. The topological polar surface area (TPSA) is 23.5 Å². The van der Waals surface area contributed by atoms with E-state index in [2.05, 4.69) is 31.1 Å². The molecule has 0 amide bonds. The molecule has 4 heteroatoms. The maximum Gasteiger partial charge on any atom is 0.0574 e. The molecule has 3 atom stereocenters. The Morgan fingerprint density at radius 1 is 1.20 bits per heavy atom. The third-order valence-electron chi connectivity index (χ3n) is 4.16. The zero-order valence-corrected chi connectivity index (χ0v) is 13.8. The number of hydrogen-bond acceptors (Lipinski definition) is 2. The van der Waals surface area contributed by atoms with Crippen molar-refractivity contribution >= 4 is 24.0 Å². The second kappa shape index (κ2) is 8.23. The number of hydrogen-bond donors (Lipinski definition) is 1. The van der Waals surface area contributed by atoms with Crippen LogP contribution < -0.4 is 0 Å². The van der Waals surface area contributed by atoms with Crippen molar-refractivity contribution < 1.29 is 5.11 Å². The van der Waals surface area contributed by atoms with Crippen LogP contribution in [0.2, 0.25) is 5.02 Å². The van der Waals surface area contributed by atoms with Gasteiger partial charge < -0.3 is 10.0 Å². The molecular formula is C16H25Cl2NO. The van der Waals surface area contributed by atoms with E-state index in [-0.39, 0.29) is 18.5 Å².